The summed E-state index contributed by atoms with van der Waals surface area (Å²) in [5.41, 5.74) is 1.90. The lowest BCUT2D eigenvalue weighted by Crippen LogP contribution is -2.32. The third-order valence-corrected chi connectivity index (χ3v) is 4.51. The minimum absolute atomic E-state index is 0.142. The molecule has 0 saturated heterocycles. The molecule has 1 aromatic carbocycles. The number of carbonyl (C=O) groups excluding carboxylic acids is 1. The SMILES string of the molecule is Cc1ccc([C@@H](O)CNC(=O)Nc2nnc(C3CC3)s2)cc1. The number of carbonyl (C=O) groups is 1. The highest BCUT2D eigenvalue weighted by atomic mass is 32.1. The number of anilines is 1. The predicted molar refractivity (Wildman–Crippen MR) is 85.0 cm³/mol. The van der Waals surface area contributed by atoms with Gasteiger partial charge in [-0.1, -0.05) is 41.2 Å². The summed E-state index contributed by atoms with van der Waals surface area (Å²) in [7, 11) is 0. The summed E-state index contributed by atoms with van der Waals surface area (Å²) >= 11 is 1.41. The fraction of sp³-hybridized carbons (Fsp3) is 0.400. The Kier molecular flexibility index (Phi) is 4.35. The Morgan fingerprint density at radius 3 is 2.77 bits per heavy atom. The zero-order chi connectivity index (χ0) is 15.5. The summed E-state index contributed by atoms with van der Waals surface area (Å²) < 4.78 is 0. The van der Waals surface area contributed by atoms with Crippen molar-refractivity contribution in [2.45, 2.75) is 31.8 Å². The van der Waals surface area contributed by atoms with Gasteiger partial charge in [-0.3, -0.25) is 5.32 Å². The van der Waals surface area contributed by atoms with E-state index in [0.29, 0.717) is 11.0 Å². The number of hydrogen-bond acceptors (Lipinski definition) is 5. The van der Waals surface area contributed by atoms with Crippen LogP contribution in [0.15, 0.2) is 24.3 Å². The zero-order valence-corrected chi connectivity index (χ0v) is 13.1. The van der Waals surface area contributed by atoms with E-state index in [0.717, 1.165) is 29.0 Å². The van der Waals surface area contributed by atoms with Gasteiger partial charge in [-0.25, -0.2) is 4.79 Å². The third kappa shape index (κ3) is 3.80. The standard InChI is InChI=1S/C15H18N4O2S/c1-9-2-4-10(5-3-9)12(20)8-16-14(21)17-15-19-18-13(22-15)11-6-7-11/h2-5,11-12,20H,6-8H2,1H3,(H2,16,17,19,21)/t12-/m0/s1. The zero-order valence-electron chi connectivity index (χ0n) is 12.2. The average molecular weight is 318 g/mol. The Hall–Kier alpha value is -1.99. The van der Waals surface area contributed by atoms with Crippen LogP contribution in [0, 0.1) is 6.92 Å². The highest BCUT2D eigenvalue weighted by molar-refractivity contribution is 7.15. The molecule has 0 unspecified atom stereocenters. The molecule has 1 fully saturated rings. The van der Waals surface area contributed by atoms with Gasteiger partial charge in [0.1, 0.15) is 5.01 Å². The first-order chi connectivity index (χ1) is 10.6. The minimum Gasteiger partial charge on any atom is -0.387 e. The van der Waals surface area contributed by atoms with E-state index in [-0.39, 0.29) is 12.6 Å². The highest BCUT2D eigenvalue weighted by Gasteiger charge is 2.27. The van der Waals surface area contributed by atoms with Crippen molar-refractivity contribution in [1.29, 1.82) is 0 Å². The van der Waals surface area contributed by atoms with E-state index in [4.69, 9.17) is 0 Å². The number of urea groups is 1. The van der Waals surface area contributed by atoms with Crippen molar-refractivity contribution < 1.29 is 9.90 Å². The summed E-state index contributed by atoms with van der Waals surface area (Å²) in [4.78, 5) is 11.8. The fourth-order valence-electron chi connectivity index (χ4n) is 2.02. The van der Waals surface area contributed by atoms with E-state index in [1.807, 2.05) is 31.2 Å². The van der Waals surface area contributed by atoms with E-state index in [1.54, 1.807) is 0 Å². The lowest BCUT2D eigenvalue weighted by molar-refractivity contribution is 0.175. The van der Waals surface area contributed by atoms with Crippen molar-refractivity contribution in [3.8, 4) is 0 Å². The molecule has 1 atom stereocenters. The van der Waals surface area contributed by atoms with Gasteiger partial charge in [0.2, 0.25) is 5.13 Å². The average Bonchev–Trinajstić information content (AvgIpc) is 3.26. The van der Waals surface area contributed by atoms with Gasteiger partial charge in [0.05, 0.1) is 6.10 Å². The van der Waals surface area contributed by atoms with Gasteiger partial charge in [-0.15, -0.1) is 10.2 Å². The molecule has 1 aromatic heterocycles. The molecule has 6 nitrogen and oxygen atoms in total. The number of aryl methyl sites for hydroxylation is 1. The maximum atomic E-state index is 11.8. The predicted octanol–water partition coefficient (Wildman–Crippen LogP) is 2.58. The Morgan fingerprint density at radius 1 is 1.36 bits per heavy atom. The molecular weight excluding hydrogens is 300 g/mol. The summed E-state index contributed by atoms with van der Waals surface area (Å²) in [6, 6.07) is 7.18. The second-order valence-electron chi connectivity index (χ2n) is 5.48. The van der Waals surface area contributed by atoms with Crippen LogP contribution in [-0.2, 0) is 0 Å². The highest BCUT2D eigenvalue weighted by Crippen LogP contribution is 2.41. The Balaban J connectivity index is 1.47. The quantitative estimate of drug-likeness (QED) is 0.791. The maximum Gasteiger partial charge on any atom is 0.321 e. The van der Waals surface area contributed by atoms with E-state index in [2.05, 4.69) is 20.8 Å². The second kappa shape index (κ2) is 6.41. The van der Waals surface area contributed by atoms with Gasteiger partial charge in [-0.05, 0) is 25.3 Å². The summed E-state index contributed by atoms with van der Waals surface area (Å²) in [5.74, 6) is 0.527. The molecule has 1 heterocycles. The van der Waals surface area contributed by atoms with Crippen LogP contribution in [0.3, 0.4) is 0 Å². The van der Waals surface area contributed by atoms with Gasteiger partial charge in [-0.2, -0.15) is 0 Å². The lowest BCUT2D eigenvalue weighted by atomic mass is 10.1. The number of aliphatic hydroxyl groups is 1. The number of rotatable bonds is 5. The summed E-state index contributed by atoms with van der Waals surface area (Å²) in [6.45, 7) is 2.13. The third-order valence-electron chi connectivity index (χ3n) is 3.51. The normalized spacial score (nSPS) is 15.4. The molecule has 3 rings (SSSR count). The van der Waals surface area contributed by atoms with Crippen molar-refractivity contribution in [3.05, 3.63) is 40.4 Å². The van der Waals surface area contributed by atoms with Crippen molar-refractivity contribution >= 4 is 22.5 Å². The van der Waals surface area contributed by atoms with Gasteiger partial charge >= 0.3 is 6.03 Å². The molecular formula is C15H18N4O2S. The van der Waals surface area contributed by atoms with Crippen LogP contribution in [0.2, 0.25) is 0 Å². The van der Waals surface area contributed by atoms with Crippen LogP contribution >= 0.6 is 11.3 Å². The van der Waals surface area contributed by atoms with Crippen LogP contribution in [-0.4, -0.2) is 27.9 Å². The minimum atomic E-state index is -0.734. The number of hydrogen-bond donors (Lipinski definition) is 3. The molecule has 0 aliphatic heterocycles. The summed E-state index contributed by atoms with van der Waals surface area (Å²) in [6.07, 6.45) is 1.58. The Morgan fingerprint density at radius 2 is 2.09 bits per heavy atom. The van der Waals surface area contributed by atoms with E-state index in [9.17, 15) is 9.90 Å². The molecule has 0 bridgehead atoms. The largest absolute Gasteiger partial charge is 0.387 e. The smallest absolute Gasteiger partial charge is 0.321 e. The molecule has 7 heteroatoms. The first-order valence-corrected chi connectivity index (χ1v) is 8.06. The van der Waals surface area contributed by atoms with Gasteiger partial charge in [0.25, 0.3) is 0 Å². The second-order valence-corrected chi connectivity index (χ2v) is 6.49. The van der Waals surface area contributed by atoms with Crippen LogP contribution in [0.1, 0.15) is 41.0 Å². The molecule has 1 aliphatic rings. The Bertz CT molecular complexity index is 652. The molecule has 0 spiro atoms. The molecule has 1 saturated carbocycles. The first kappa shape index (κ1) is 14.9. The molecule has 22 heavy (non-hydrogen) atoms. The molecule has 116 valence electrons. The molecule has 2 amide bonds. The van der Waals surface area contributed by atoms with Gasteiger partial charge in [0.15, 0.2) is 0 Å². The number of nitrogens with zero attached hydrogens (tertiary/aromatic N) is 2. The van der Waals surface area contributed by atoms with E-state index in [1.165, 1.54) is 11.3 Å². The monoisotopic (exact) mass is 318 g/mol. The number of aliphatic hydroxyl groups excluding tert-OH is 1. The number of amides is 2. The van der Waals surface area contributed by atoms with Gasteiger partial charge in [0, 0.05) is 12.5 Å². The van der Waals surface area contributed by atoms with Crippen LogP contribution in [0.4, 0.5) is 9.93 Å². The van der Waals surface area contributed by atoms with Crippen molar-refractivity contribution in [2.24, 2.45) is 0 Å². The fourth-order valence-corrected chi connectivity index (χ4v) is 2.92. The first-order valence-electron chi connectivity index (χ1n) is 7.24. The van der Waals surface area contributed by atoms with Crippen molar-refractivity contribution in [1.82, 2.24) is 15.5 Å². The van der Waals surface area contributed by atoms with E-state index < -0.39 is 6.10 Å². The number of nitrogens with one attached hydrogen (secondary N) is 2. The lowest BCUT2D eigenvalue weighted by Gasteiger charge is -2.12. The molecule has 1 aliphatic carbocycles. The van der Waals surface area contributed by atoms with Crippen molar-refractivity contribution in [3.63, 3.8) is 0 Å². The van der Waals surface area contributed by atoms with Crippen LogP contribution < -0.4 is 10.6 Å². The number of aromatic nitrogens is 2. The molecule has 2 aromatic rings. The van der Waals surface area contributed by atoms with Gasteiger partial charge < -0.3 is 10.4 Å². The summed E-state index contributed by atoms with van der Waals surface area (Å²) in [5, 5.41) is 24.8. The maximum absolute atomic E-state index is 11.8. The van der Waals surface area contributed by atoms with Crippen molar-refractivity contribution in [2.75, 3.05) is 11.9 Å². The topological polar surface area (TPSA) is 87.1 Å². The van der Waals surface area contributed by atoms with E-state index >= 15 is 0 Å². The molecule has 3 N–H and O–H groups in total. The molecule has 0 radical (unpaired) electrons. The number of benzene rings is 1. The van der Waals surface area contributed by atoms with Crippen LogP contribution in [0.25, 0.3) is 0 Å². The van der Waals surface area contributed by atoms with Crippen LogP contribution in [0.5, 0.6) is 0 Å². The Labute approximate surface area is 132 Å².